The Morgan fingerprint density at radius 2 is 1.95 bits per heavy atom. The first-order chi connectivity index (χ1) is 27.1. The minimum absolute atomic E-state index is 0.0221. The van der Waals surface area contributed by atoms with Gasteiger partial charge in [-0.25, -0.2) is 0 Å². The summed E-state index contributed by atoms with van der Waals surface area (Å²) in [6.07, 6.45) is 1.28. The molecule has 4 aromatic rings. The van der Waals surface area contributed by atoms with E-state index in [-0.39, 0.29) is 43.3 Å². The van der Waals surface area contributed by atoms with Gasteiger partial charge in [0, 0.05) is 70.2 Å². The first-order valence-corrected chi connectivity index (χ1v) is 20.1. The van der Waals surface area contributed by atoms with Crippen molar-refractivity contribution in [2.75, 3.05) is 46.5 Å². The lowest BCUT2D eigenvalue weighted by Gasteiger charge is -2.61. The zero-order chi connectivity index (χ0) is 38.8. The number of hydrogen-bond acceptors (Lipinski definition) is 13. The average molecular weight is 778 g/mol. The quantitative estimate of drug-likeness (QED) is 0.189. The summed E-state index contributed by atoms with van der Waals surface area (Å²) >= 11 is 1.59. The number of nitrogens with zero attached hydrogens (tertiary/aromatic N) is 3. The predicted octanol–water partition coefficient (Wildman–Crippen LogP) is 4.80. The molecule has 7 aliphatic heterocycles. The van der Waals surface area contributed by atoms with Crippen LogP contribution in [0.1, 0.15) is 68.9 Å². The van der Waals surface area contributed by atoms with E-state index in [2.05, 4.69) is 38.3 Å². The van der Waals surface area contributed by atoms with Crippen LogP contribution in [-0.2, 0) is 32.7 Å². The number of carbonyl (C=O) groups is 2. The molecule has 7 atom stereocenters. The number of hydrogen-bond donors (Lipinski definition) is 3. The molecule has 0 radical (unpaired) electrons. The number of ketones is 1. The first-order valence-electron chi connectivity index (χ1n) is 19.1. The molecule has 3 N–H and O–H groups in total. The van der Waals surface area contributed by atoms with Gasteiger partial charge in [0.15, 0.2) is 28.8 Å². The molecule has 7 aliphatic rings. The number of nitrogens with one attached hydrogen (secondary N) is 2. The molecule has 4 bridgehead atoms. The van der Waals surface area contributed by atoms with Crippen LogP contribution in [0, 0.1) is 25.2 Å². The molecule has 14 heteroatoms. The molecule has 0 saturated carbocycles. The number of rotatable bonds is 2. The Labute approximate surface area is 328 Å². The number of aromatic hydroxyl groups is 1. The second-order valence-electron chi connectivity index (χ2n) is 15.8. The van der Waals surface area contributed by atoms with E-state index >= 15 is 0 Å². The van der Waals surface area contributed by atoms with Gasteiger partial charge in [-0.1, -0.05) is 24.3 Å². The van der Waals surface area contributed by atoms with Crippen molar-refractivity contribution in [2.24, 2.45) is 0 Å². The lowest BCUT2D eigenvalue weighted by molar-refractivity contribution is -0.133. The number of thioether (sulfide) groups is 1. The van der Waals surface area contributed by atoms with Gasteiger partial charge in [-0.2, -0.15) is 5.26 Å². The Hall–Kier alpha value is -4.78. The number of phenols is 1. The number of carbonyl (C=O) groups excluding carboxylic acids is 2. The van der Waals surface area contributed by atoms with Gasteiger partial charge in [-0.05, 0) is 56.5 Å². The maximum Gasteiger partial charge on any atom is 0.308 e. The summed E-state index contributed by atoms with van der Waals surface area (Å²) in [5.41, 5.74) is 6.36. The number of esters is 1. The molecule has 11 rings (SSSR count). The summed E-state index contributed by atoms with van der Waals surface area (Å²) in [4.78, 5) is 36.0. The third kappa shape index (κ3) is 4.75. The largest absolute Gasteiger partial charge is 0.504 e. The summed E-state index contributed by atoms with van der Waals surface area (Å²) < 4.78 is 30.9. The fourth-order valence-corrected chi connectivity index (χ4v) is 12.5. The molecule has 0 amide bonds. The highest BCUT2D eigenvalue weighted by atomic mass is 32.2. The second-order valence-corrected chi connectivity index (χ2v) is 16.9. The predicted molar refractivity (Wildman–Crippen MR) is 206 cm³/mol. The van der Waals surface area contributed by atoms with Crippen LogP contribution in [0.2, 0.25) is 0 Å². The van der Waals surface area contributed by atoms with Gasteiger partial charge in [-0.15, -0.1) is 11.8 Å². The number of para-hydroxylation sites is 1. The van der Waals surface area contributed by atoms with Crippen molar-refractivity contribution < 1.29 is 38.4 Å². The molecule has 2 saturated heterocycles. The third-order valence-electron chi connectivity index (χ3n) is 13.1. The Balaban J connectivity index is 1.26. The van der Waals surface area contributed by atoms with Crippen LogP contribution in [0.3, 0.4) is 0 Å². The van der Waals surface area contributed by atoms with Crippen molar-refractivity contribution in [1.82, 2.24) is 20.1 Å². The highest BCUT2D eigenvalue weighted by molar-refractivity contribution is 7.99. The van der Waals surface area contributed by atoms with Gasteiger partial charge in [0.05, 0.1) is 37.1 Å². The SMILES string of the molecule is COc1c(C)cc2c(c1O)[C@H]1C3[C@@H]4SC[C@]5(NCCc6c5[nH]c5ccccc65)C(=O)COC[C@H](c5c6c(c(C)c(OC(C)=O)c54)OCO6)N3[C@@H](C#N)[C@H](C2)N1C. The number of fused-ring (bicyclic) bond motifs is 12. The number of phenolic OH excluding ortho intramolecular Hbond substituents is 1. The number of aryl methyl sites for hydroxylation is 1. The van der Waals surface area contributed by atoms with E-state index < -0.39 is 40.9 Å². The van der Waals surface area contributed by atoms with E-state index in [1.165, 1.54) is 6.92 Å². The fourth-order valence-electron chi connectivity index (χ4n) is 10.8. The molecule has 1 spiro atoms. The number of likely N-dealkylation sites (N-methyl/N-ethyl adjacent to an activating group) is 1. The second kappa shape index (κ2) is 12.9. The molecule has 13 nitrogen and oxygen atoms in total. The zero-order valence-corrected chi connectivity index (χ0v) is 32.7. The number of piperazine rings is 1. The van der Waals surface area contributed by atoms with Crippen molar-refractivity contribution in [1.29, 1.82) is 5.26 Å². The number of Topliss-reactive ketones (excluding diaryl/α,β-unsaturated/α-hetero) is 1. The Morgan fingerprint density at radius 1 is 1.14 bits per heavy atom. The van der Waals surface area contributed by atoms with Crippen molar-refractivity contribution in [3.8, 4) is 34.8 Å². The number of aromatic nitrogens is 1. The molecule has 0 aliphatic carbocycles. The molecule has 1 aromatic heterocycles. The zero-order valence-electron chi connectivity index (χ0n) is 31.9. The number of nitriles is 1. The van der Waals surface area contributed by atoms with Gasteiger partial charge in [0.1, 0.15) is 23.9 Å². The summed E-state index contributed by atoms with van der Waals surface area (Å²) in [7, 11) is 3.58. The van der Waals surface area contributed by atoms with E-state index in [1.54, 1.807) is 18.9 Å². The highest BCUT2D eigenvalue weighted by Crippen LogP contribution is 2.64. The summed E-state index contributed by atoms with van der Waals surface area (Å²) in [5.74, 6) is 1.57. The number of methoxy groups -OCH3 is 1. The van der Waals surface area contributed by atoms with Gasteiger partial charge >= 0.3 is 5.97 Å². The van der Waals surface area contributed by atoms with E-state index in [1.807, 2.05) is 39.1 Å². The van der Waals surface area contributed by atoms with E-state index in [0.29, 0.717) is 41.5 Å². The van der Waals surface area contributed by atoms with E-state index in [0.717, 1.165) is 56.4 Å². The lowest BCUT2D eigenvalue weighted by atomic mass is 9.71. The lowest BCUT2D eigenvalue weighted by Crippen LogP contribution is -2.69. The number of H-pyrrole nitrogens is 1. The molecule has 1 unspecified atom stereocenters. The van der Waals surface area contributed by atoms with Crippen molar-refractivity contribution in [2.45, 2.75) is 74.6 Å². The van der Waals surface area contributed by atoms with Crippen LogP contribution in [0.15, 0.2) is 30.3 Å². The van der Waals surface area contributed by atoms with Crippen LogP contribution in [-0.4, -0.2) is 96.2 Å². The van der Waals surface area contributed by atoms with Gasteiger partial charge < -0.3 is 33.8 Å². The standard InChI is InChI=1S/C42H43N5O8S/c1-19-12-22-13-26-27(14-43)47-28-15-52-16-29(49)42(41-24(10-11-44-42)23-8-6-7-9-25(23)45-41)17-56-40(34(47)33(46(26)4)30(22)35(50)36(19)51-5)32-31(28)39-38(53-18-54-39)20(2)37(32)55-21(3)48/h6-9,12,26-28,33-34,40,44-45,50H,10-11,13,15-18H2,1-5H3/t26-,27-,28+,33-,34?,40+,42-/m0/s1. The highest BCUT2D eigenvalue weighted by Gasteiger charge is 2.61. The van der Waals surface area contributed by atoms with Crippen molar-refractivity contribution >= 4 is 34.4 Å². The minimum Gasteiger partial charge on any atom is -0.504 e. The molecule has 2 fully saturated rings. The number of aromatic amines is 1. The summed E-state index contributed by atoms with van der Waals surface area (Å²) in [6.45, 7) is 5.59. The van der Waals surface area contributed by atoms with Crippen LogP contribution in [0.5, 0.6) is 28.7 Å². The van der Waals surface area contributed by atoms with Gasteiger partial charge in [0.2, 0.25) is 6.79 Å². The normalized spacial score (nSPS) is 29.2. The average Bonchev–Trinajstić information content (AvgIpc) is 3.82. The minimum atomic E-state index is -1.15. The monoisotopic (exact) mass is 777 g/mol. The molecule has 56 heavy (non-hydrogen) atoms. The molecular weight excluding hydrogens is 735 g/mol. The van der Waals surface area contributed by atoms with Crippen LogP contribution in [0.4, 0.5) is 0 Å². The van der Waals surface area contributed by atoms with Crippen molar-refractivity contribution in [3.63, 3.8) is 0 Å². The van der Waals surface area contributed by atoms with Gasteiger partial charge in [0.25, 0.3) is 0 Å². The Bertz CT molecular complexity index is 2410. The van der Waals surface area contributed by atoms with Crippen LogP contribution in [0.25, 0.3) is 10.9 Å². The van der Waals surface area contributed by atoms with E-state index in [4.69, 9.17) is 23.7 Å². The maximum absolute atomic E-state index is 14.8. The summed E-state index contributed by atoms with van der Waals surface area (Å²) in [5, 5.41) is 27.6. The van der Waals surface area contributed by atoms with Crippen molar-refractivity contribution in [3.05, 3.63) is 75.0 Å². The first kappa shape index (κ1) is 35.6. The third-order valence-corrected chi connectivity index (χ3v) is 14.5. The Kier molecular flexibility index (Phi) is 8.19. The van der Waals surface area contributed by atoms with Crippen LogP contribution >= 0.6 is 11.8 Å². The Morgan fingerprint density at radius 3 is 2.73 bits per heavy atom. The number of ether oxygens (including phenoxy) is 5. The molecule has 290 valence electrons. The van der Waals surface area contributed by atoms with Crippen LogP contribution < -0.4 is 24.3 Å². The van der Waals surface area contributed by atoms with Gasteiger partial charge in [-0.3, -0.25) is 24.7 Å². The number of benzene rings is 3. The maximum atomic E-state index is 14.8. The van der Waals surface area contributed by atoms with E-state index in [9.17, 15) is 20.0 Å². The topological polar surface area (TPSA) is 159 Å². The molecular formula is C42H43N5O8S. The fraction of sp³-hybridized carbons (Fsp3) is 0.452. The summed E-state index contributed by atoms with van der Waals surface area (Å²) in [6, 6.07) is 10.5. The smallest absolute Gasteiger partial charge is 0.308 e. The molecule has 8 heterocycles. The molecule has 3 aromatic carbocycles.